The molecule has 0 atom stereocenters. The van der Waals surface area contributed by atoms with Crippen LogP contribution < -0.4 is 9.64 Å². The standard InChI is InChI=1S/C12H11NO4/c1-7-8(3-4-9(14)12(7)17-2)13-10(15)5-6-11(13)16/h3-6,14H,1-2H3. The Morgan fingerprint density at radius 1 is 1.18 bits per heavy atom. The number of hydrogen-bond acceptors (Lipinski definition) is 4. The van der Waals surface area contributed by atoms with Crippen molar-refractivity contribution in [3.8, 4) is 11.5 Å². The number of hydrogen-bond donors (Lipinski definition) is 1. The van der Waals surface area contributed by atoms with E-state index in [2.05, 4.69) is 0 Å². The van der Waals surface area contributed by atoms with Gasteiger partial charge < -0.3 is 9.84 Å². The Kier molecular flexibility index (Phi) is 2.59. The molecule has 0 saturated carbocycles. The smallest absolute Gasteiger partial charge is 0.258 e. The first kappa shape index (κ1) is 11.2. The van der Waals surface area contributed by atoms with E-state index in [0.717, 1.165) is 4.90 Å². The van der Waals surface area contributed by atoms with Crippen LogP contribution in [-0.2, 0) is 9.59 Å². The van der Waals surface area contributed by atoms with E-state index in [1.165, 1.54) is 31.4 Å². The molecule has 5 heteroatoms. The molecule has 0 saturated heterocycles. The molecule has 1 aromatic carbocycles. The second-order valence-electron chi connectivity index (χ2n) is 3.61. The topological polar surface area (TPSA) is 66.8 Å². The van der Waals surface area contributed by atoms with Crippen molar-refractivity contribution < 1.29 is 19.4 Å². The van der Waals surface area contributed by atoms with Gasteiger partial charge in [0.25, 0.3) is 11.8 Å². The minimum Gasteiger partial charge on any atom is -0.504 e. The minimum absolute atomic E-state index is 0.0270. The molecule has 0 spiro atoms. The molecule has 1 N–H and O–H groups in total. The number of carbonyl (C=O) groups is 2. The third kappa shape index (κ3) is 1.65. The minimum atomic E-state index is -0.397. The van der Waals surface area contributed by atoms with Crippen LogP contribution >= 0.6 is 0 Å². The number of carbonyl (C=O) groups excluding carboxylic acids is 2. The maximum absolute atomic E-state index is 11.5. The average molecular weight is 233 g/mol. The van der Waals surface area contributed by atoms with Crippen LogP contribution in [0.15, 0.2) is 24.3 Å². The molecule has 0 bridgehead atoms. The highest BCUT2D eigenvalue weighted by molar-refractivity contribution is 6.28. The Labute approximate surface area is 97.9 Å². The second-order valence-corrected chi connectivity index (χ2v) is 3.61. The number of nitrogens with zero attached hydrogens (tertiary/aromatic N) is 1. The Hall–Kier alpha value is -2.30. The van der Waals surface area contributed by atoms with Crippen LogP contribution in [-0.4, -0.2) is 24.0 Å². The maximum atomic E-state index is 11.5. The van der Waals surface area contributed by atoms with Crippen molar-refractivity contribution in [3.05, 3.63) is 29.8 Å². The monoisotopic (exact) mass is 233 g/mol. The Balaban J connectivity index is 2.54. The van der Waals surface area contributed by atoms with Crippen LogP contribution in [0.3, 0.4) is 0 Å². The van der Waals surface area contributed by atoms with Crippen LogP contribution in [0, 0.1) is 6.92 Å². The first-order chi connectivity index (χ1) is 8.06. The highest BCUT2D eigenvalue weighted by Gasteiger charge is 2.27. The largest absolute Gasteiger partial charge is 0.504 e. The van der Waals surface area contributed by atoms with Crippen LogP contribution in [0.1, 0.15) is 5.56 Å². The molecule has 0 fully saturated rings. The number of phenolic OH excluding ortho intramolecular Hbond substituents is 1. The zero-order valence-electron chi connectivity index (χ0n) is 9.43. The lowest BCUT2D eigenvalue weighted by Crippen LogP contribution is -2.30. The van der Waals surface area contributed by atoms with Gasteiger partial charge in [0, 0.05) is 17.7 Å². The molecule has 1 heterocycles. The van der Waals surface area contributed by atoms with Gasteiger partial charge in [-0.2, -0.15) is 0 Å². The SMILES string of the molecule is COc1c(O)ccc(N2C(=O)C=CC2=O)c1C. The van der Waals surface area contributed by atoms with Gasteiger partial charge in [0.2, 0.25) is 0 Å². The summed E-state index contributed by atoms with van der Waals surface area (Å²) in [5.74, 6) is -0.563. The van der Waals surface area contributed by atoms with Crippen molar-refractivity contribution in [1.82, 2.24) is 0 Å². The number of amides is 2. The summed E-state index contributed by atoms with van der Waals surface area (Å²) in [5, 5.41) is 9.56. The molecular formula is C12H11NO4. The Morgan fingerprint density at radius 3 is 2.29 bits per heavy atom. The summed E-state index contributed by atoms with van der Waals surface area (Å²) in [7, 11) is 1.41. The van der Waals surface area contributed by atoms with Gasteiger partial charge in [-0.05, 0) is 19.1 Å². The van der Waals surface area contributed by atoms with Crippen molar-refractivity contribution in [3.63, 3.8) is 0 Å². The zero-order chi connectivity index (χ0) is 12.6. The third-order valence-electron chi connectivity index (χ3n) is 2.61. The molecule has 17 heavy (non-hydrogen) atoms. The quantitative estimate of drug-likeness (QED) is 0.778. The lowest BCUT2D eigenvalue weighted by atomic mass is 10.1. The lowest BCUT2D eigenvalue weighted by molar-refractivity contribution is -0.119. The van der Waals surface area contributed by atoms with Gasteiger partial charge in [0.1, 0.15) is 0 Å². The summed E-state index contributed by atoms with van der Waals surface area (Å²) in [4.78, 5) is 24.1. The molecule has 2 rings (SSSR count). The van der Waals surface area contributed by atoms with Crippen molar-refractivity contribution in [2.75, 3.05) is 12.0 Å². The van der Waals surface area contributed by atoms with Gasteiger partial charge in [-0.15, -0.1) is 0 Å². The van der Waals surface area contributed by atoms with Crippen LogP contribution in [0.4, 0.5) is 5.69 Å². The highest BCUT2D eigenvalue weighted by Crippen LogP contribution is 2.37. The van der Waals surface area contributed by atoms with Gasteiger partial charge in [-0.25, -0.2) is 4.90 Å². The predicted octanol–water partition coefficient (Wildman–Crippen LogP) is 1.14. The fourth-order valence-corrected chi connectivity index (χ4v) is 1.80. The highest BCUT2D eigenvalue weighted by atomic mass is 16.5. The van der Waals surface area contributed by atoms with Crippen molar-refractivity contribution >= 4 is 17.5 Å². The number of anilines is 1. The molecule has 5 nitrogen and oxygen atoms in total. The first-order valence-corrected chi connectivity index (χ1v) is 4.99. The maximum Gasteiger partial charge on any atom is 0.258 e. The van der Waals surface area contributed by atoms with E-state index in [1.807, 2.05) is 0 Å². The molecular weight excluding hydrogens is 222 g/mol. The molecule has 1 aromatic rings. The van der Waals surface area contributed by atoms with E-state index in [1.54, 1.807) is 6.92 Å². The molecule has 88 valence electrons. The van der Waals surface area contributed by atoms with Crippen LogP contribution in [0.5, 0.6) is 11.5 Å². The first-order valence-electron chi connectivity index (χ1n) is 4.99. The van der Waals surface area contributed by atoms with Gasteiger partial charge in [0.05, 0.1) is 12.8 Å². The average Bonchev–Trinajstić information content (AvgIpc) is 2.61. The number of benzene rings is 1. The summed E-state index contributed by atoms with van der Waals surface area (Å²) in [6.45, 7) is 1.67. The van der Waals surface area contributed by atoms with Gasteiger partial charge >= 0.3 is 0 Å². The van der Waals surface area contributed by atoms with Crippen LogP contribution in [0.25, 0.3) is 0 Å². The predicted molar refractivity (Wildman–Crippen MR) is 61.0 cm³/mol. The number of phenols is 1. The molecule has 0 aliphatic carbocycles. The molecule has 0 unspecified atom stereocenters. The normalized spacial score (nSPS) is 14.6. The number of ether oxygens (including phenoxy) is 1. The van der Waals surface area contributed by atoms with E-state index in [9.17, 15) is 14.7 Å². The molecule has 2 amide bonds. The summed E-state index contributed by atoms with van der Waals surface area (Å²) < 4.78 is 5.03. The lowest BCUT2D eigenvalue weighted by Gasteiger charge is -2.18. The number of methoxy groups -OCH3 is 1. The van der Waals surface area contributed by atoms with Gasteiger partial charge in [-0.1, -0.05) is 0 Å². The van der Waals surface area contributed by atoms with Crippen LogP contribution in [0.2, 0.25) is 0 Å². The molecule has 1 aliphatic heterocycles. The fraction of sp³-hybridized carbons (Fsp3) is 0.167. The number of aromatic hydroxyl groups is 1. The number of rotatable bonds is 2. The second kappa shape index (κ2) is 3.93. The van der Waals surface area contributed by atoms with Crippen molar-refractivity contribution in [2.45, 2.75) is 6.92 Å². The Morgan fingerprint density at radius 2 is 1.76 bits per heavy atom. The Bertz CT molecular complexity index is 516. The summed E-state index contributed by atoms with van der Waals surface area (Å²) >= 11 is 0. The van der Waals surface area contributed by atoms with Gasteiger partial charge in [-0.3, -0.25) is 9.59 Å². The summed E-state index contributed by atoms with van der Waals surface area (Å²) in [6, 6.07) is 2.90. The molecule has 0 aromatic heterocycles. The fourth-order valence-electron chi connectivity index (χ4n) is 1.80. The van der Waals surface area contributed by atoms with Gasteiger partial charge in [0.15, 0.2) is 11.5 Å². The van der Waals surface area contributed by atoms with Crippen molar-refractivity contribution in [2.24, 2.45) is 0 Å². The molecule has 1 aliphatic rings. The van der Waals surface area contributed by atoms with E-state index in [4.69, 9.17) is 4.74 Å². The summed E-state index contributed by atoms with van der Waals surface area (Å²) in [5.41, 5.74) is 0.956. The van der Waals surface area contributed by atoms with E-state index >= 15 is 0 Å². The van der Waals surface area contributed by atoms with Crippen molar-refractivity contribution in [1.29, 1.82) is 0 Å². The third-order valence-corrected chi connectivity index (χ3v) is 2.61. The van der Waals surface area contributed by atoms with E-state index in [0.29, 0.717) is 11.3 Å². The zero-order valence-corrected chi connectivity index (χ0v) is 9.43. The van der Waals surface area contributed by atoms with E-state index in [-0.39, 0.29) is 11.5 Å². The summed E-state index contributed by atoms with van der Waals surface area (Å²) in [6.07, 6.45) is 2.42. The number of imide groups is 1. The van der Waals surface area contributed by atoms with E-state index < -0.39 is 11.8 Å². The molecule has 0 radical (unpaired) electrons.